The van der Waals surface area contributed by atoms with Crippen LogP contribution >= 0.6 is 15.9 Å². The fourth-order valence-electron chi connectivity index (χ4n) is 3.60. The molecule has 2 aliphatic rings. The van der Waals surface area contributed by atoms with Crippen LogP contribution in [0.3, 0.4) is 0 Å². The Morgan fingerprint density at radius 3 is 2.62 bits per heavy atom. The van der Waals surface area contributed by atoms with E-state index in [4.69, 9.17) is 4.74 Å². The molecular formula is C16H20BrNO3. The minimum Gasteiger partial charge on any atom is -0.496 e. The predicted octanol–water partition coefficient (Wildman–Crippen LogP) is 2.63. The standard InChI is InChI=1S/C16H20BrNO3/c1-21-16-5-2-10(6-14(16)17)15(20)9-18-11-3-4-12(18)8-13(19)7-11/h2,5-6,11-13,19H,3-4,7-9H2,1H3. The maximum atomic E-state index is 12.5. The molecule has 2 atom stereocenters. The number of hydrogen-bond donors (Lipinski definition) is 1. The maximum Gasteiger partial charge on any atom is 0.176 e. The number of halogens is 1. The Hall–Kier alpha value is -0.910. The number of methoxy groups -OCH3 is 1. The van der Waals surface area contributed by atoms with Crippen molar-refractivity contribution in [2.75, 3.05) is 13.7 Å². The van der Waals surface area contributed by atoms with Crippen molar-refractivity contribution >= 4 is 21.7 Å². The number of ether oxygens (including phenoxy) is 1. The van der Waals surface area contributed by atoms with E-state index in [9.17, 15) is 9.90 Å². The lowest BCUT2D eigenvalue weighted by Crippen LogP contribution is -2.46. The number of nitrogens with zero attached hydrogens (tertiary/aromatic N) is 1. The Labute approximate surface area is 133 Å². The van der Waals surface area contributed by atoms with E-state index in [1.165, 1.54) is 0 Å². The van der Waals surface area contributed by atoms with Gasteiger partial charge in [-0.25, -0.2) is 0 Å². The highest BCUT2D eigenvalue weighted by atomic mass is 79.9. The van der Waals surface area contributed by atoms with Crippen LogP contribution in [0.1, 0.15) is 36.0 Å². The van der Waals surface area contributed by atoms with Crippen molar-refractivity contribution < 1.29 is 14.6 Å². The summed E-state index contributed by atoms with van der Waals surface area (Å²) in [7, 11) is 1.61. The molecule has 4 nitrogen and oxygen atoms in total. The molecule has 2 bridgehead atoms. The molecule has 2 unspecified atom stereocenters. The van der Waals surface area contributed by atoms with Gasteiger partial charge in [-0.3, -0.25) is 9.69 Å². The number of hydrogen-bond acceptors (Lipinski definition) is 4. The zero-order valence-electron chi connectivity index (χ0n) is 12.1. The van der Waals surface area contributed by atoms with E-state index in [2.05, 4.69) is 20.8 Å². The first-order chi connectivity index (χ1) is 10.1. The molecule has 5 heteroatoms. The van der Waals surface area contributed by atoms with E-state index < -0.39 is 0 Å². The summed E-state index contributed by atoms with van der Waals surface area (Å²) in [5.41, 5.74) is 0.702. The zero-order chi connectivity index (χ0) is 15.0. The zero-order valence-corrected chi connectivity index (χ0v) is 13.7. The van der Waals surface area contributed by atoms with Crippen LogP contribution in [0, 0.1) is 0 Å². The van der Waals surface area contributed by atoms with Gasteiger partial charge in [0.25, 0.3) is 0 Å². The monoisotopic (exact) mass is 353 g/mol. The average Bonchev–Trinajstić information content (AvgIpc) is 2.70. The summed E-state index contributed by atoms with van der Waals surface area (Å²) in [6.07, 6.45) is 3.61. The van der Waals surface area contributed by atoms with Crippen LogP contribution in [0.5, 0.6) is 5.75 Å². The highest BCUT2D eigenvalue weighted by Gasteiger charge is 2.40. The summed E-state index contributed by atoms with van der Waals surface area (Å²) < 4.78 is 5.99. The molecule has 2 fully saturated rings. The Morgan fingerprint density at radius 2 is 2.05 bits per heavy atom. The number of fused-ring (bicyclic) bond motifs is 2. The van der Waals surface area contributed by atoms with Crippen molar-refractivity contribution in [1.29, 1.82) is 0 Å². The van der Waals surface area contributed by atoms with Crippen LogP contribution in [-0.2, 0) is 0 Å². The first kappa shape index (κ1) is 15.0. The van der Waals surface area contributed by atoms with E-state index >= 15 is 0 Å². The van der Waals surface area contributed by atoms with E-state index in [1.54, 1.807) is 7.11 Å². The second-order valence-corrected chi connectivity index (χ2v) is 6.81. The van der Waals surface area contributed by atoms with Crippen molar-refractivity contribution in [2.45, 2.75) is 43.9 Å². The van der Waals surface area contributed by atoms with Crippen molar-refractivity contribution in [3.63, 3.8) is 0 Å². The molecular weight excluding hydrogens is 334 g/mol. The third kappa shape index (κ3) is 3.00. The molecule has 1 aromatic rings. The third-order valence-corrected chi connectivity index (χ3v) is 5.28. The lowest BCUT2D eigenvalue weighted by Gasteiger charge is -2.36. The van der Waals surface area contributed by atoms with Crippen LogP contribution in [0.15, 0.2) is 22.7 Å². The Balaban J connectivity index is 1.71. The molecule has 0 spiro atoms. The minimum absolute atomic E-state index is 0.131. The van der Waals surface area contributed by atoms with Gasteiger partial charge in [-0.15, -0.1) is 0 Å². The molecule has 1 N–H and O–H groups in total. The Bertz CT molecular complexity index is 534. The van der Waals surface area contributed by atoms with Gasteiger partial charge in [0.15, 0.2) is 5.78 Å². The molecule has 0 aliphatic carbocycles. The number of rotatable bonds is 4. The summed E-state index contributed by atoms with van der Waals surface area (Å²) in [6.45, 7) is 0.445. The number of carbonyl (C=O) groups excluding carboxylic acids is 1. The highest BCUT2D eigenvalue weighted by Crippen LogP contribution is 2.35. The molecule has 0 radical (unpaired) electrons. The summed E-state index contributed by atoms with van der Waals surface area (Å²) in [4.78, 5) is 14.8. The molecule has 0 aromatic heterocycles. The van der Waals surface area contributed by atoms with Gasteiger partial charge in [-0.1, -0.05) is 0 Å². The summed E-state index contributed by atoms with van der Waals surface area (Å²) in [5, 5.41) is 9.82. The molecule has 21 heavy (non-hydrogen) atoms. The molecule has 2 saturated heterocycles. The highest BCUT2D eigenvalue weighted by molar-refractivity contribution is 9.10. The number of benzene rings is 1. The van der Waals surface area contributed by atoms with Gasteiger partial charge in [0.2, 0.25) is 0 Å². The number of Topliss-reactive ketones (excluding diaryl/α,β-unsaturated/α-hetero) is 1. The van der Waals surface area contributed by atoms with Crippen LogP contribution < -0.4 is 4.74 Å². The normalized spacial score (nSPS) is 28.6. The lowest BCUT2D eigenvalue weighted by molar-refractivity contribution is 0.0344. The van der Waals surface area contributed by atoms with Crippen LogP contribution in [0.4, 0.5) is 0 Å². The van der Waals surface area contributed by atoms with Crippen LogP contribution in [0.25, 0.3) is 0 Å². The first-order valence-corrected chi connectivity index (χ1v) is 8.18. The first-order valence-electron chi connectivity index (χ1n) is 7.39. The number of carbonyl (C=O) groups is 1. The van der Waals surface area contributed by atoms with Gasteiger partial charge in [0.1, 0.15) is 5.75 Å². The quantitative estimate of drug-likeness (QED) is 0.845. The van der Waals surface area contributed by atoms with Gasteiger partial charge < -0.3 is 9.84 Å². The Morgan fingerprint density at radius 1 is 1.38 bits per heavy atom. The number of piperidine rings is 1. The van der Waals surface area contributed by atoms with Crippen LogP contribution in [-0.4, -0.2) is 47.6 Å². The van der Waals surface area contributed by atoms with Gasteiger partial charge >= 0.3 is 0 Å². The lowest BCUT2D eigenvalue weighted by atomic mass is 9.99. The molecule has 114 valence electrons. The number of aliphatic hydroxyl groups excluding tert-OH is 1. The molecule has 0 amide bonds. The molecule has 2 aliphatic heterocycles. The predicted molar refractivity (Wildman–Crippen MR) is 83.8 cm³/mol. The fraction of sp³-hybridized carbons (Fsp3) is 0.562. The largest absolute Gasteiger partial charge is 0.496 e. The van der Waals surface area contributed by atoms with Crippen molar-refractivity contribution in [3.8, 4) is 5.75 Å². The van der Waals surface area contributed by atoms with E-state index in [0.717, 1.165) is 35.9 Å². The average molecular weight is 354 g/mol. The summed E-state index contributed by atoms with van der Waals surface area (Å²) in [5.74, 6) is 0.861. The summed E-state index contributed by atoms with van der Waals surface area (Å²) >= 11 is 3.42. The second kappa shape index (κ2) is 6.07. The summed E-state index contributed by atoms with van der Waals surface area (Å²) in [6, 6.07) is 6.18. The smallest absolute Gasteiger partial charge is 0.176 e. The molecule has 0 saturated carbocycles. The minimum atomic E-state index is -0.191. The van der Waals surface area contributed by atoms with E-state index in [0.29, 0.717) is 24.2 Å². The van der Waals surface area contributed by atoms with Crippen molar-refractivity contribution in [1.82, 2.24) is 4.90 Å². The Kier molecular flexibility index (Phi) is 4.33. The van der Waals surface area contributed by atoms with E-state index in [1.807, 2.05) is 18.2 Å². The third-order valence-electron chi connectivity index (χ3n) is 4.66. The topological polar surface area (TPSA) is 49.8 Å². The fourth-order valence-corrected chi connectivity index (χ4v) is 4.14. The second-order valence-electron chi connectivity index (χ2n) is 5.96. The maximum absolute atomic E-state index is 12.5. The van der Waals surface area contributed by atoms with Gasteiger partial charge in [-0.05, 0) is 59.8 Å². The SMILES string of the molecule is COc1ccc(C(=O)CN2C3CCC2CC(O)C3)cc1Br. The van der Waals surface area contributed by atoms with Crippen molar-refractivity contribution in [2.24, 2.45) is 0 Å². The van der Waals surface area contributed by atoms with Crippen LogP contribution in [0.2, 0.25) is 0 Å². The van der Waals surface area contributed by atoms with Gasteiger partial charge in [-0.2, -0.15) is 0 Å². The van der Waals surface area contributed by atoms with Crippen molar-refractivity contribution in [3.05, 3.63) is 28.2 Å². The van der Waals surface area contributed by atoms with Gasteiger partial charge in [0, 0.05) is 17.6 Å². The molecule has 1 aromatic carbocycles. The van der Waals surface area contributed by atoms with Gasteiger partial charge in [0.05, 0.1) is 24.2 Å². The number of aliphatic hydroxyl groups is 1. The molecule has 2 heterocycles. The molecule has 3 rings (SSSR count). The number of ketones is 1. The van der Waals surface area contributed by atoms with E-state index in [-0.39, 0.29) is 11.9 Å².